The number of carboxylic acid groups (broad SMARTS) is 1. The molecule has 1 aliphatic rings. The predicted octanol–water partition coefficient (Wildman–Crippen LogP) is 1.15. The van der Waals surface area contributed by atoms with E-state index in [1.807, 2.05) is 5.38 Å². The Kier molecular flexibility index (Phi) is 4.41. The summed E-state index contributed by atoms with van der Waals surface area (Å²) in [5.41, 5.74) is 0.762. The van der Waals surface area contributed by atoms with Crippen molar-refractivity contribution in [3.63, 3.8) is 0 Å². The molecule has 1 aliphatic heterocycles. The lowest BCUT2D eigenvalue weighted by molar-refractivity contribution is -0.136. The molecule has 0 aromatic carbocycles. The smallest absolute Gasteiger partial charge is 0.303 e. The molecule has 0 aliphatic carbocycles. The van der Waals surface area contributed by atoms with Crippen molar-refractivity contribution >= 4 is 32.3 Å². The van der Waals surface area contributed by atoms with Gasteiger partial charge < -0.3 is 10.4 Å². The average molecular weight is 304 g/mol. The minimum atomic E-state index is -2.84. The van der Waals surface area contributed by atoms with Gasteiger partial charge in [-0.3, -0.25) is 4.79 Å². The topological polar surface area (TPSA) is 96.4 Å². The summed E-state index contributed by atoms with van der Waals surface area (Å²) < 4.78 is 22.6. The van der Waals surface area contributed by atoms with Crippen molar-refractivity contribution in [1.29, 1.82) is 0 Å². The van der Waals surface area contributed by atoms with Crippen molar-refractivity contribution in [1.82, 2.24) is 4.98 Å². The van der Waals surface area contributed by atoms with Gasteiger partial charge in [0, 0.05) is 17.8 Å². The third-order valence-electron chi connectivity index (χ3n) is 3.03. The molecular formula is C11H16N2O4S2. The Hall–Kier alpha value is -1.15. The number of carbonyl (C=O) groups is 1. The number of nitrogens with zero attached hydrogens (tertiary/aromatic N) is 1. The molecule has 19 heavy (non-hydrogen) atoms. The van der Waals surface area contributed by atoms with E-state index < -0.39 is 15.8 Å². The molecular weight excluding hydrogens is 288 g/mol. The van der Waals surface area contributed by atoms with Crippen molar-refractivity contribution in [2.75, 3.05) is 16.8 Å². The second kappa shape index (κ2) is 5.87. The van der Waals surface area contributed by atoms with Crippen molar-refractivity contribution in [3.05, 3.63) is 11.1 Å². The van der Waals surface area contributed by atoms with Gasteiger partial charge in [-0.05, 0) is 12.8 Å². The molecule has 2 N–H and O–H groups in total. The van der Waals surface area contributed by atoms with E-state index in [2.05, 4.69) is 10.3 Å². The molecule has 0 spiro atoms. The first-order valence-electron chi connectivity index (χ1n) is 6.08. The largest absolute Gasteiger partial charge is 0.481 e. The second-order valence-corrected chi connectivity index (χ2v) is 7.77. The van der Waals surface area contributed by atoms with Crippen LogP contribution in [0, 0.1) is 0 Å². The number of hydrogen-bond acceptors (Lipinski definition) is 6. The van der Waals surface area contributed by atoms with Gasteiger partial charge in [-0.15, -0.1) is 11.3 Å². The van der Waals surface area contributed by atoms with Gasteiger partial charge in [0.2, 0.25) is 0 Å². The number of anilines is 1. The Bertz CT molecular complexity index is 539. The average Bonchev–Trinajstić information content (AvgIpc) is 2.77. The Morgan fingerprint density at radius 1 is 1.47 bits per heavy atom. The first-order chi connectivity index (χ1) is 8.94. The highest BCUT2D eigenvalue weighted by Crippen LogP contribution is 2.21. The molecule has 0 atom stereocenters. The molecule has 2 rings (SSSR count). The van der Waals surface area contributed by atoms with Crippen molar-refractivity contribution in [2.45, 2.75) is 31.7 Å². The summed E-state index contributed by atoms with van der Waals surface area (Å²) >= 11 is 1.43. The van der Waals surface area contributed by atoms with Crippen LogP contribution in [0.4, 0.5) is 5.13 Å². The normalized spacial score (nSPS) is 19.2. The highest BCUT2D eigenvalue weighted by atomic mass is 32.2. The molecule has 106 valence electrons. The van der Waals surface area contributed by atoms with E-state index in [1.165, 1.54) is 11.3 Å². The summed E-state index contributed by atoms with van der Waals surface area (Å²) in [5.74, 6) is -0.385. The Balaban J connectivity index is 1.85. The fourth-order valence-corrected chi connectivity index (χ4v) is 4.25. The molecule has 8 heteroatoms. The minimum Gasteiger partial charge on any atom is -0.481 e. The maximum Gasteiger partial charge on any atom is 0.303 e. The summed E-state index contributed by atoms with van der Waals surface area (Å²) in [4.78, 5) is 14.8. The standard InChI is InChI=1S/C11H16N2O4S2/c14-10(15)2-1-9-7-18-11(13-9)12-8-3-5-19(16,17)6-4-8/h7-8H,1-6H2,(H,12,13)(H,14,15). The Labute approximate surface area is 115 Å². The summed E-state index contributed by atoms with van der Waals surface area (Å²) in [5, 5.41) is 14.4. The van der Waals surface area contributed by atoms with E-state index in [1.54, 1.807) is 0 Å². The number of rotatable bonds is 5. The number of thiazole rings is 1. The van der Waals surface area contributed by atoms with Crippen LogP contribution in [0.5, 0.6) is 0 Å². The van der Waals surface area contributed by atoms with Crippen LogP contribution in [0.3, 0.4) is 0 Å². The van der Waals surface area contributed by atoms with Crippen LogP contribution >= 0.6 is 11.3 Å². The molecule has 1 saturated heterocycles. The highest BCUT2D eigenvalue weighted by Gasteiger charge is 2.23. The number of aryl methyl sites for hydroxylation is 1. The van der Waals surface area contributed by atoms with E-state index in [-0.39, 0.29) is 24.0 Å². The first-order valence-corrected chi connectivity index (χ1v) is 8.78. The lowest BCUT2D eigenvalue weighted by Gasteiger charge is -2.22. The Morgan fingerprint density at radius 2 is 2.16 bits per heavy atom. The van der Waals surface area contributed by atoms with Gasteiger partial charge >= 0.3 is 5.97 Å². The van der Waals surface area contributed by atoms with Crippen LogP contribution in [-0.2, 0) is 21.1 Å². The quantitative estimate of drug-likeness (QED) is 0.847. The molecule has 0 saturated carbocycles. The van der Waals surface area contributed by atoms with E-state index in [4.69, 9.17) is 5.11 Å². The van der Waals surface area contributed by atoms with Crippen LogP contribution in [0.25, 0.3) is 0 Å². The van der Waals surface area contributed by atoms with E-state index in [0.717, 1.165) is 10.8 Å². The van der Waals surface area contributed by atoms with Gasteiger partial charge in [0.1, 0.15) is 9.84 Å². The van der Waals surface area contributed by atoms with Crippen LogP contribution < -0.4 is 5.32 Å². The van der Waals surface area contributed by atoms with Crippen LogP contribution in [0.1, 0.15) is 25.0 Å². The zero-order valence-electron chi connectivity index (χ0n) is 10.3. The van der Waals surface area contributed by atoms with Crippen molar-refractivity contribution < 1.29 is 18.3 Å². The summed E-state index contributed by atoms with van der Waals surface area (Å²) in [6.07, 6.45) is 1.70. The lowest BCUT2D eigenvalue weighted by atomic mass is 10.2. The number of carboxylic acids is 1. The lowest BCUT2D eigenvalue weighted by Crippen LogP contribution is -2.32. The number of aromatic nitrogens is 1. The van der Waals surface area contributed by atoms with Gasteiger partial charge in [-0.25, -0.2) is 13.4 Å². The van der Waals surface area contributed by atoms with Crippen molar-refractivity contribution in [2.24, 2.45) is 0 Å². The van der Waals surface area contributed by atoms with Crippen LogP contribution in [0.15, 0.2) is 5.38 Å². The number of aliphatic carboxylic acids is 1. The fourth-order valence-electron chi connectivity index (χ4n) is 1.93. The molecule has 1 fully saturated rings. The molecule has 1 aromatic heterocycles. The molecule has 2 heterocycles. The van der Waals surface area contributed by atoms with Gasteiger partial charge in [-0.1, -0.05) is 0 Å². The third-order valence-corrected chi connectivity index (χ3v) is 5.57. The number of sulfone groups is 1. The summed E-state index contributed by atoms with van der Waals surface area (Å²) in [6, 6.07) is 0.141. The maximum absolute atomic E-state index is 11.3. The minimum absolute atomic E-state index is 0.0743. The molecule has 0 unspecified atom stereocenters. The van der Waals surface area contributed by atoms with E-state index >= 15 is 0 Å². The molecule has 1 aromatic rings. The van der Waals surface area contributed by atoms with Gasteiger partial charge in [0.15, 0.2) is 5.13 Å². The highest BCUT2D eigenvalue weighted by molar-refractivity contribution is 7.91. The molecule has 0 radical (unpaired) electrons. The molecule has 0 amide bonds. The van der Waals surface area contributed by atoms with Gasteiger partial charge in [0.05, 0.1) is 23.6 Å². The van der Waals surface area contributed by atoms with Crippen LogP contribution in [0.2, 0.25) is 0 Å². The van der Waals surface area contributed by atoms with E-state index in [0.29, 0.717) is 19.3 Å². The summed E-state index contributed by atoms with van der Waals surface area (Å²) in [7, 11) is -2.84. The van der Waals surface area contributed by atoms with Gasteiger partial charge in [0.25, 0.3) is 0 Å². The predicted molar refractivity (Wildman–Crippen MR) is 73.4 cm³/mol. The zero-order valence-corrected chi connectivity index (χ0v) is 12.0. The zero-order chi connectivity index (χ0) is 13.9. The monoisotopic (exact) mass is 304 g/mol. The first kappa shape index (κ1) is 14.3. The third kappa shape index (κ3) is 4.46. The Morgan fingerprint density at radius 3 is 2.79 bits per heavy atom. The molecule has 6 nitrogen and oxygen atoms in total. The summed E-state index contributed by atoms with van der Waals surface area (Å²) in [6.45, 7) is 0. The van der Waals surface area contributed by atoms with Gasteiger partial charge in [-0.2, -0.15) is 0 Å². The fraction of sp³-hybridized carbons (Fsp3) is 0.636. The number of nitrogens with one attached hydrogen (secondary N) is 1. The van der Waals surface area contributed by atoms with E-state index in [9.17, 15) is 13.2 Å². The SMILES string of the molecule is O=C(O)CCc1csc(NC2CCS(=O)(=O)CC2)n1. The maximum atomic E-state index is 11.3. The van der Waals surface area contributed by atoms with Crippen LogP contribution in [-0.4, -0.2) is 42.0 Å². The number of hydrogen-bond donors (Lipinski definition) is 2. The molecule has 0 bridgehead atoms. The van der Waals surface area contributed by atoms with Crippen molar-refractivity contribution in [3.8, 4) is 0 Å². The second-order valence-electron chi connectivity index (χ2n) is 4.61.